The van der Waals surface area contributed by atoms with Gasteiger partial charge >= 0.3 is 12.0 Å². The molecule has 0 radical (unpaired) electrons. The Balaban J connectivity index is 2.35. The first-order chi connectivity index (χ1) is 14.7. The Labute approximate surface area is 191 Å². The van der Waals surface area contributed by atoms with Crippen LogP contribution >= 0.6 is 0 Å². The second-order valence-electron chi connectivity index (χ2n) is 11.1. The van der Waals surface area contributed by atoms with Crippen molar-refractivity contribution in [2.45, 2.75) is 84.2 Å². The van der Waals surface area contributed by atoms with Crippen LogP contribution in [0.25, 0.3) is 0 Å². The van der Waals surface area contributed by atoms with Crippen molar-refractivity contribution in [2.75, 3.05) is 13.1 Å². The number of carboxylic acid groups (broad SMARTS) is 1. The van der Waals surface area contributed by atoms with Crippen LogP contribution in [0.5, 0.6) is 0 Å². The number of rotatable bonds is 7. The quantitative estimate of drug-likeness (QED) is 0.592. The lowest BCUT2D eigenvalue weighted by atomic mass is 9.77. The number of hydrogen-bond donors (Lipinski definition) is 3. The SMILES string of the molecule is CC(C)(C)NC(=O)N[C@H](C(=O)N(CC(=O)O)CC1(c2ccccc2)CCCC1)C(C)(C)C. The Morgan fingerprint density at radius 2 is 1.59 bits per heavy atom. The standard InChI is InChI=1S/C25H39N3O4/c1-23(2,3)20(26-22(32)27-24(4,5)6)21(31)28(16-19(29)30)17-25(14-10-11-15-25)18-12-8-7-9-13-18/h7-9,12-13,20H,10-11,14-17H2,1-6H3,(H,29,30)(H2,26,27,32)/t20-/m1/s1. The molecule has 3 amide bonds. The Bertz CT molecular complexity index is 803. The topological polar surface area (TPSA) is 98.7 Å². The van der Waals surface area contributed by atoms with Crippen LogP contribution in [-0.4, -0.2) is 52.6 Å². The van der Waals surface area contributed by atoms with Crippen molar-refractivity contribution in [3.05, 3.63) is 35.9 Å². The van der Waals surface area contributed by atoms with Gasteiger partial charge in [-0.3, -0.25) is 9.59 Å². The number of hydrogen-bond acceptors (Lipinski definition) is 3. The molecule has 1 aromatic carbocycles. The van der Waals surface area contributed by atoms with Gasteiger partial charge in [0, 0.05) is 17.5 Å². The molecule has 0 spiro atoms. The molecule has 1 aliphatic rings. The molecular weight excluding hydrogens is 406 g/mol. The van der Waals surface area contributed by atoms with Gasteiger partial charge in [0.25, 0.3) is 0 Å². The highest BCUT2D eigenvalue weighted by atomic mass is 16.4. The molecule has 2 rings (SSSR count). The van der Waals surface area contributed by atoms with Gasteiger partial charge < -0.3 is 20.6 Å². The van der Waals surface area contributed by atoms with E-state index < -0.39 is 35.5 Å². The average Bonchev–Trinajstić information content (AvgIpc) is 3.13. The smallest absolute Gasteiger partial charge is 0.323 e. The van der Waals surface area contributed by atoms with Crippen molar-refractivity contribution in [3.63, 3.8) is 0 Å². The zero-order chi connectivity index (χ0) is 24.2. The highest BCUT2D eigenvalue weighted by Gasteiger charge is 2.42. The van der Waals surface area contributed by atoms with E-state index in [1.54, 1.807) is 0 Å². The van der Waals surface area contributed by atoms with Crippen LogP contribution in [-0.2, 0) is 15.0 Å². The maximum absolute atomic E-state index is 13.7. The van der Waals surface area contributed by atoms with Gasteiger partial charge in [-0.1, -0.05) is 63.9 Å². The molecule has 7 heteroatoms. The summed E-state index contributed by atoms with van der Waals surface area (Å²) in [5, 5.41) is 15.2. The van der Waals surface area contributed by atoms with Gasteiger partial charge in [0.15, 0.2) is 0 Å². The molecule has 1 atom stereocenters. The summed E-state index contributed by atoms with van der Waals surface area (Å²) in [5.74, 6) is -1.43. The lowest BCUT2D eigenvalue weighted by Crippen LogP contribution is -2.60. The van der Waals surface area contributed by atoms with Crippen molar-refractivity contribution in [3.8, 4) is 0 Å². The van der Waals surface area contributed by atoms with E-state index in [1.807, 2.05) is 59.7 Å². The van der Waals surface area contributed by atoms with Gasteiger partial charge in [0.2, 0.25) is 5.91 Å². The van der Waals surface area contributed by atoms with E-state index in [1.165, 1.54) is 4.90 Å². The molecule has 1 aliphatic carbocycles. The van der Waals surface area contributed by atoms with E-state index in [2.05, 4.69) is 22.8 Å². The first kappa shape index (κ1) is 25.7. The summed E-state index contributed by atoms with van der Waals surface area (Å²) in [6.45, 7) is 11.1. The van der Waals surface area contributed by atoms with Gasteiger partial charge in [-0.15, -0.1) is 0 Å². The number of nitrogens with zero attached hydrogens (tertiary/aromatic N) is 1. The monoisotopic (exact) mass is 445 g/mol. The van der Waals surface area contributed by atoms with E-state index in [0.29, 0.717) is 6.54 Å². The molecule has 0 heterocycles. The minimum Gasteiger partial charge on any atom is -0.480 e. The summed E-state index contributed by atoms with van der Waals surface area (Å²) in [7, 11) is 0. The molecule has 0 aliphatic heterocycles. The highest BCUT2D eigenvalue weighted by molar-refractivity contribution is 5.90. The minimum atomic E-state index is -1.06. The van der Waals surface area contributed by atoms with Crippen molar-refractivity contribution in [1.82, 2.24) is 15.5 Å². The van der Waals surface area contributed by atoms with Gasteiger partial charge in [-0.2, -0.15) is 0 Å². The zero-order valence-corrected chi connectivity index (χ0v) is 20.3. The fraction of sp³-hybridized carbons (Fsp3) is 0.640. The largest absolute Gasteiger partial charge is 0.480 e. The highest BCUT2D eigenvalue weighted by Crippen LogP contribution is 2.42. The molecule has 0 bridgehead atoms. The molecule has 1 aromatic rings. The van der Waals surface area contributed by atoms with Gasteiger partial charge in [0.1, 0.15) is 12.6 Å². The van der Waals surface area contributed by atoms with Gasteiger partial charge in [-0.05, 0) is 44.6 Å². The summed E-state index contributed by atoms with van der Waals surface area (Å²) < 4.78 is 0. The van der Waals surface area contributed by atoms with Crippen molar-refractivity contribution < 1.29 is 19.5 Å². The number of aliphatic carboxylic acids is 1. The van der Waals surface area contributed by atoms with E-state index in [-0.39, 0.29) is 11.3 Å². The van der Waals surface area contributed by atoms with Crippen molar-refractivity contribution >= 4 is 17.9 Å². The molecule has 0 aromatic heterocycles. The number of urea groups is 1. The third kappa shape index (κ3) is 6.97. The summed E-state index contributed by atoms with van der Waals surface area (Å²) in [6, 6.07) is 8.73. The van der Waals surface area contributed by atoms with Crippen molar-refractivity contribution in [1.29, 1.82) is 0 Å². The Morgan fingerprint density at radius 3 is 2.06 bits per heavy atom. The number of benzene rings is 1. The van der Waals surface area contributed by atoms with Crippen molar-refractivity contribution in [2.24, 2.45) is 5.41 Å². The predicted octanol–water partition coefficient (Wildman–Crippen LogP) is 3.92. The predicted molar refractivity (Wildman–Crippen MR) is 125 cm³/mol. The van der Waals surface area contributed by atoms with Crippen LogP contribution in [0.15, 0.2) is 30.3 Å². The number of amides is 3. The summed E-state index contributed by atoms with van der Waals surface area (Å²) in [4.78, 5) is 39.4. The van der Waals surface area contributed by atoms with Gasteiger partial charge in [-0.25, -0.2) is 4.79 Å². The zero-order valence-electron chi connectivity index (χ0n) is 20.3. The first-order valence-electron chi connectivity index (χ1n) is 11.4. The lowest BCUT2D eigenvalue weighted by Gasteiger charge is -2.39. The third-order valence-corrected chi connectivity index (χ3v) is 5.96. The first-order valence-corrected chi connectivity index (χ1v) is 11.4. The fourth-order valence-corrected chi connectivity index (χ4v) is 4.46. The maximum atomic E-state index is 13.7. The molecule has 0 saturated heterocycles. The minimum absolute atomic E-state index is 0.275. The fourth-order valence-electron chi connectivity index (χ4n) is 4.46. The second kappa shape index (κ2) is 9.92. The van der Waals surface area contributed by atoms with Crippen LogP contribution in [0.4, 0.5) is 4.79 Å². The molecule has 0 unspecified atom stereocenters. The average molecular weight is 446 g/mol. The van der Waals surface area contributed by atoms with Crippen LogP contribution < -0.4 is 10.6 Å². The molecule has 1 fully saturated rings. The number of carbonyl (C=O) groups excluding carboxylic acids is 2. The molecule has 1 saturated carbocycles. The Hall–Kier alpha value is -2.57. The van der Waals surface area contributed by atoms with E-state index >= 15 is 0 Å². The number of carboxylic acids is 1. The molecule has 178 valence electrons. The second-order valence-corrected chi connectivity index (χ2v) is 11.1. The lowest BCUT2D eigenvalue weighted by molar-refractivity contribution is -0.147. The number of nitrogens with one attached hydrogen (secondary N) is 2. The Kier molecular flexibility index (Phi) is 7.97. The van der Waals surface area contributed by atoms with Crippen LogP contribution in [0.1, 0.15) is 72.8 Å². The third-order valence-electron chi connectivity index (χ3n) is 5.96. The van der Waals surface area contributed by atoms with Crippen LogP contribution in [0.3, 0.4) is 0 Å². The Morgan fingerprint density at radius 1 is 1.03 bits per heavy atom. The summed E-state index contributed by atoms with van der Waals surface area (Å²) in [6.07, 6.45) is 3.88. The summed E-state index contributed by atoms with van der Waals surface area (Å²) in [5.41, 5.74) is -0.204. The van der Waals surface area contributed by atoms with Crippen LogP contribution in [0, 0.1) is 5.41 Å². The molecule has 3 N–H and O–H groups in total. The van der Waals surface area contributed by atoms with E-state index in [4.69, 9.17) is 0 Å². The maximum Gasteiger partial charge on any atom is 0.323 e. The normalized spacial score (nSPS) is 16.8. The van der Waals surface area contributed by atoms with Crippen LogP contribution in [0.2, 0.25) is 0 Å². The van der Waals surface area contributed by atoms with E-state index in [9.17, 15) is 19.5 Å². The molecule has 7 nitrogen and oxygen atoms in total. The van der Waals surface area contributed by atoms with Gasteiger partial charge in [0.05, 0.1) is 0 Å². The molecule has 32 heavy (non-hydrogen) atoms. The summed E-state index contributed by atoms with van der Waals surface area (Å²) >= 11 is 0. The van der Waals surface area contributed by atoms with E-state index in [0.717, 1.165) is 31.2 Å². The molecular formula is C25H39N3O4. The number of carbonyl (C=O) groups is 3.